The lowest BCUT2D eigenvalue weighted by Gasteiger charge is -2.23. The van der Waals surface area contributed by atoms with Crippen molar-refractivity contribution in [2.75, 3.05) is 30.4 Å². The number of halogens is 1. The van der Waals surface area contributed by atoms with E-state index in [0.29, 0.717) is 17.1 Å². The normalized spacial score (nSPS) is 11.3. The summed E-state index contributed by atoms with van der Waals surface area (Å²) < 4.78 is 46.9. The zero-order valence-corrected chi connectivity index (χ0v) is 19.8. The zero-order valence-electron chi connectivity index (χ0n) is 18.9. The molecule has 35 heavy (non-hydrogen) atoms. The lowest BCUT2D eigenvalue weighted by molar-refractivity contribution is 0.257. The van der Waals surface area contributed by atoms with Gasteiger partial charge in [0.15, 0.2) is 0 Å². The summed E-state index contributed by atoms with van der Waals surface area (Å²) in [6, 6.07) is 24.0. The number of amides is 2. The van der Waals surface area contributed by atoms with Crippen LogP contribution in [-0.2, 0) is 10.0 Å². The minimum Gasteiger partial charge on any atom is -0.497 e. The number of benzene rings is 4. The molecule has 0 bridgehead atoms. The second-order valence-corrected chi connectivity index (χ2v) is 9.46. The summed E-state index contributed by atoms with van der Waals surface area (Å²) >= 11 is 0. The molecule has 4 aromatic rings. The van der Waals surface area contributed by atoms with Crippen LogP contribution in [0, 0.1) is 5.82 Å². The highest BCUT2D eigenvalue weighted by Crippen LogP contribution is 2.20. The van der Waals surface area contributed by atoms with Crippen LogP contribution in [0.25, 0.3) is 10.8 Å². The highest BCUT2D eigenvalue weighted by atomic mass is 32.2. The number of rotatable bonds is 8. The number of carbonyl (C=O) groups is 1. The van der Waals surface area contributed by atoms with Crippen molar-refractivity contribution in [3.8, 4) is 5.75 Å². The molecule has 2 amide bonds. The molecule has 0 heterocycles. The molecule has 0 spiro atoms. The van der Waals surface area contributed by atoms with Gasteiger partial charge < -0.3 is 10.1 Å². The molecule has 0 aromatic heterocycles. The molecule has 4 rings (SSSR count). The number of fused-ring (bicyclic) bond motifs is 1. The van der Waals surface area contributed by atoms with E-state index in [9.17, 15) is 17.6 Å². The summed E-state index contributed by atoms with van der Waals surface area (Å²) in [5.74, 6) is 0.197. The van der Waals surface area contributed by atoms with Crippen molar-refractivity contribution in [1.82, 2.24) is 4.72 Å². The molecule has 4 aromatic carbocycles. The number of hydrogen-bond donors (Lipinski definition) is 2. The Morgan fingerprint density at radius 2 is 1.60 bits per heavy atom. The first-order valence-electron chi connectivity index (χ1n) is 10.8. The molecule has 0 saturated heterocycles. The van der Waals surface area contributed by atoms with E-state index in [1.165, 1.54) is 29.2 Å². The lowest BCUT2D eigenvalue weighted by atomic mass is 10.1. The predicted molar refractivity (Wildman–Crippen MR) is 135 cm³/mol. The number of sulfonamides is 1. The van der Waals surface area contributed by atoms with E-state index >= 15 is 0 Å². The van der Waals surface area contributed by atoms with Crippen molar-refractivity contribution >= 4 is 38.2 Å². The highest BCUT2D eigenvalue weighted by molar-refractivity contribution is 7.89. The van der Waals surface area contributed by atoms with Crippen molar-refractivity contribution in [3.63, 3.8) is 0 Å². The molecule has 0 aliphatic rings. The van der Waals surface area contributed by atoms with Crippen molar-refractivity contribution in [2.24, 2.45) is 0 Å². The number of hydrogen-bond acceptors (Lipinski definition) is 4. The molecule has 0 atom stereocenters. The van der Waals surface area contributed by atoms with Gasteiger partial charge in [-0.05, 0) is 71.4 Å². The van der Waals surface area contributed by atoms with Gasteiger partial charge in [0, 0.05) is 24.5 Å². The number of ether oxygens (including phenoxy) is 1. The fourth-order valence-electron chi connectivity index (χ4n) is 3.54. The molecular weight excluding hydrogens is 469 g/mol. The maximum atomic E-state index is 13.5. The smallest absolute Gasteiger partial charge is 0.326 e. The summed E-state index contributed by atoms with van der Waals surface area (Å²) in [6.07, 6.45) is 0. The number of nitrogens with zero attached hydrogens (tertiary/aromatic N) is 1. The van der Waals surface area contributed by atoms with Gasteiger partial charge in [0.2, 0.25) is 10.0 Å². The maximum Gasteiger partial charge on any atom is 0.326 e. The number of carbonyl (C=O) groups excluding carboxylic acids is 1. The van der Waals surface area contributed by atoms with E-state index in [1.807, 2.05) is 24.3 Å². The Kier molecular flexibility index (Phi) is 7.28. The standard InChI is InChI=1S/C26H24FN3O4S/c1-34-24-13-9-22(10-14-24)29-26(31)30(23-11-7-21(27)8-12-23)17-16-28-35(32,33)25-15-6-19-4-2-3-5-20(19)18-25/h2-15,18,28H,16-17H2,1H3,(H,29,31). The first-order valence-corrected chi connectivity index (χ1v) is 12.3. The zero-order chi connectivity index (χ0) is 24.8. The van der Waals surface area contributed by atoms with Gasteiger partial charge in [-0.1, -0.05) is 30.3 Å². The van der Waals surface area contributed by atoms with E-state index in [4.69, 9.17) is 4.74 Å². The summed E-state index contributed by atoms with van der Waals surface area (Å²) in [7, 11) is -2.27. The molecule has 2 N–H and O–H groups in total. The van der Waals surface area contributed by atoms with Crippen molar-refractivity contribution in [1.29, 1.82) is 0 Å². The third-order valence-electron chi connectivity index (χ3n) is 5.38. The fraction of sp³-hybridized carbons (Fsp3) is 0.115. The summed E-state index contributed by atoms with van der Waals surface area (Å²) in [5.41, 5.74) is 0.946. The molecule has 0 aliphatic carbocycles. The fourth-order valence-corrected chi connectivity index (χ4v) is 4.60. The largest absolute Gasteiger partial charge is 0.497 e. The minimum atomic E-state index is -3.81. The van der Waals surface area contributed by atoms with Crippen molar-refractivity contribution in [3.05, 3.63) is 96.8 Å². The maximum absolute atomic E-state index is 13.5. The van der Waals surface area contributed by atoms with E-state index in [1.54, 1.807) is 49.6 Å². The van der Waals surface area contributed by atoms with Crippen molar-refractivity contribution in [2.45, 2.75) is 4.90 Å². The Morgan fingerprint density at radius 1 is 0.914 bits per heavy atom. The number of nitrogens with one attached hydrogen (secondary N) is 2. The Bertz CT molecular complexity index is 1430. The summed E-state index contributed by atoms with van der Waals surface area (Å²) in [4.78, 5) is 14.5. The van der Waals surface area contributed by atoms with Crippen LogP contribution in [0.5, 0.6) is 5.75 Å². The molecular formula is C26H24FN3O4S. The van der Waals surface area contributed by atoms with Gasteiger partial charge in [-0.25, -0.2) is 22.3 Å². The topological polar surface area (TPSA) is 87.7 Å². The Labute approximate surface area is 203 Å². The van der Waals surface area contributed by atoms with Gasteiger partial charge in [-0.15, -0.1) is 0 Å². The van der Waals surface area contributed by atoms with Gasteiger partial charge in [-0.2, -0.15) is 0 Å². The number of methoxy groups -OCH3 is 1. The van der Waals surface area contributed by atoms with Gasteiger partial charge in [0.1, 0.15) is 11.6 Å². The SMILES string of the molecule is COc1ccc(NC(=O)N(CCNS(=O)(=O)c2ccc3ccccc3c2)c2ccc(F)cc2)cc1. The first-order chi connectivity index (χ1) is 16.9. The molecule has 9 heteroatoms. The van der Waals surface area contributed by atoms with E-state index in [0.717, 1.165) is 10.8 Å². The van der Waals surface area contributed by atoms with Gasteiger partial charge in [0.05, 0.1) is 12.0 Å². The molecule has 0 fully saturated rings. The van der Waals surface area contributed by atoms with Gasteiger partial charge in [-0.3, -0.25) is 4.90 Å². The van der Waals surface area contributed by atoms with Crippen LogP contribution in [0.4, 0.5) is 20.6 Å². The van der Waals surface area contributed by atoms with Crippen molar-refractivity contribution < 1.29 is 22.3 Å². The predicted octanol–water partition coefficient (Wildman–Crippen LogP) is 5.00. The molecule has 0 radical (unpaired) electrons. The Hall–Kier alpha value is -3.95. The lowest BCUT2D eigenvalue weighted by Crippen LogP contribution is -2.41. The quantitative estimate of drug-likeness (QED) is 0.361. The van der Waals surface area contributed by atoms with Crippen LogP contribution >= 0.6 is 0 Å². The Morgan fingerprint density at radius 3 is 2.29 bits per heavy atom. The van der Waals surface area contributed by atoms with Crippen LogP contribution in [0.3, 0.4) is 0 Å². The monoisotopic (exact) mass is 493 g/mol. The average molecular weight is 494 g/mol. The first kappa shape index (κ1) is 24.2. The van der Waals surface area contributed by atoms with Crippen LogP contribution in [0.1, 0.15) is 0 Å². The molecule has 180 valence electrons. The molecule has 0 saturated carbocycles. The second kappa shape index (κ2) is 10.5. The highest BCUT2D eigenvalue weighted by Gasteiger charge is 2.19. The third-order valence-corrected chi connectivity index (χ3v) is 6.84. The third kappa shape index (κ3) is 5.95. The van der Waals surface area contributed by atoms with Crippen LogP contribution in [0.2, 0.25) is 0 Å². The summed E-state index contributed by atoms with van der Waals surface area (Å²) in [5, 5.41) is 4.51. The minimum absolute atomic E-state index is 0.0143. The van der Waals surface area contributed by atoms with Crippen LogP contribution in [0.15, 0.2) is 95.9 Å². The Balaban J connectivity index is 1.49. The van der Waals surface area contributed by atoms with Crippen LogP contribution < -0.4 is 19.7 Å². The average Bonchev–Trinajstić information content (AvgIpc) is 2.87. The van der Waals surface area contributed by atoms with Gasteiger partial charge in [0.25, 0.3) is 0 Å². The molecule has 0 unspecified atom stereocenters. The summed E-state index contributed by atoms with van der Waals surface area (Å²) in [6.45, 7) is -0.0387. The molecule has 0 aliphatic heterocycles. The van der Waals surface area contributed by atoms with E-state index in [-0.39, 0.29) is 18.0 Å². The number of anilines is 2. The van der Waals surface area contributed by atoms with Crippen LogP contribution in [-0.4, -0.2) is 34.6 Å². The van der Waals surface area contributed by atoms with Gasteiger partial charge >= 0.3 is 6.03 Å². The number of urea groups is 1. The molecule has 7 nitrogen and oxygen atoms in total. The van der Waals surface area contributed by atoms with E-state index in [2.05, 4.69) is 10.0 Å². The van der Waals surface area contributed by atoms with E-state index < -0.39 is 21.9 Å². The second-order valence-electron chi connectivity index (χ2n) is 7.69.